The van der Waals surface area contributed by atoms with Crippen molar-refractivity contribution in [3.05, 3.63) is 0 Å². The predicted molar refractivity (Wildman–Crippen MR) is 70.8 cm³/mol. The molecule has 0 aliphatic heterocycles. The van der Waals surface area contributed by atoms with Gasteiger partial charge in [0.1, 0.15) is 0 Å². The average Bonchev–Trinajstić information content (AvgIpc) is 2.23. The lowest BCUT2D eigenvalue weighted by Gasteiger charge is -2.18. The molecule has 0 aromatic rings. The summed E-state index contributed by atoms with van der Waals surface area (Å²) >= 11 is 0. The van der Waals surface area contributed by atoms with E-state index in [1.165, 1.54) is 25.7 Å². The fourth-order valence-electron chi connectivity index (χ4n) is 1.43. The second-order valence-electron chi connectivity index (χ2n) is 3.67. The van der Waals surface area contributed by atoms with Gasteiger partial charge in [-0.1, -0.05) is 81.1 Å². The zero-order valence-electron chi connectivity index (χ0n) is 12.0. The van der Waals surface area contributed by atoms with E-state index in [0.717, 1.165) is 11.8 Å². The van der Waals surface area contributed by atoms with Crippen LogP contribution in [0, 0.1) is 11.8 Å². The first-order valence-electron chi connectivity index (χ1n) is 6.67. The van der Waals surface area contributed by atoms with Crippen molar-refractivity contribution in [1.82, 2.24) is 0 Å². The van der Waals surface area contributed by atoms with Crippen molar-refractivity contribution in [2.45, 2.75) is 81.1 Å². The Labute approximate surface area is 93.5 Å². The summed E-state index contributed by atoms with van der Waals surface area (Å²) in [5.74, 6) is 1.90. The van der Waals surface area contributed by atoms with Gasteiger partial charge < -0.3 is 0 Å². The monoisotopic (exact) mass is 202 g/mol. The molecule has 0 aliphatic rings. The van der Waals surface area contributed by atoms with Crippen molar-refractivity contribution in [3.63, 3.8) is 0 Å². The molecule has 0 bridgehead atoms. The molecule has 0 amide bonds. The van der Waals surface area contributed by atoms with Crippen LogP contribution in [0.15, 0.2) is 0 Å². The van der Waals surface area contributed by atoms with Crippen LogP contribution in [0.25, 0.3) is 0 Å². The third kappa shape index (κ3) is 14.5. The Morgan fingerprint density at radius 1 is 0.714 bits per heavy atom. The summed E-state index contributed by atoms with van der Waals surface area (Å²) in [6.45, 7) is 17.5. The molecule has 0 saturated carbocycles. The number of hydrogen-bond acceptors (Lipinski definition) is 0. The SMILES string of the molecule is CC.CCC.CCC(CC)[C@@H](C)CC. The van der Waals surface area contributed by atoms with Gasteiger partial charge in [-0.25, -0.2) is 0 Å². The third-order valence-corrected chi connectivity index (χ3v) is 2.50. The Bertz CT molecular complexity index is 62.4. The van der Waals surface area contributed by atoms with Crippen LogP contribution in [-0.4, -0.2) is 0 Å². The summed E-state index contributed by atoms with van der Waals surface area (Å²) < 4.78 is 0. The van der Waals surface area contributed by atoms with E-state index in [9.17, 15) is 0 Å². The van der Waals surface area contributed by atoms with Crippen molar-refractivity contribution in [2.75, 3.05) is 0 Å². The van der Waals surface area contributed by atoms with Crippen molar-refractivity contribution < 1.29 is 0 Å². The lowest BCUT2D eigenvalue weighted by Crippen LogP contribution is -2.07. The highest BCUT2D eigenvalue weighted by atomic mass is 14.2. The Balaban J connectivity index is -0.000000205. The first kappa shape index (κ1) is 19.6. The minimum atomic E-state index is 0.931. The first-order chi connectivity index (χ1) is 6.67. The van der Waals surface area contributed by atoms with Crippen LogP contribution in [0.5, 0.6) is 0 Å². The highest BCUT2D eigenvalue weighted by molar-refractivity contribution is 4.60. The first-order valence-corrected chi connectivity index (χ1v) is 6.67. The van der Waals surface area contributed by atoms with Crippen LogP contribution in [0.3, 0.4) is 0 Å². The van der Waals surface area contributed by atoms with E-state index in [2.05, 4.69) is 41.5 Å². The zero-order chi connectivity index (χ0) is 12.0. The summed E-state index contributed by atoms with van der Waals surface area (Å²) in [5, 5.41) is 0. The van der Waals surface area contributed by atoms with Crippen molar-refractivity contribution in [3.8, 4) is 0 Å². The molecule has 1 atom stereocenters. The van der Waals surface area contributed by atoms with Gasteiger partial charge in [-0.05, 0) is 11.8 Å². The molecule has 0 rings (SSSR count). The van der Waals surface area contributed by atoms with Crippen LogP contribution in [0.4, 0.5) is 0 Å². The minimum absolute atomic E-state index is 0.931. The topological polar surface area (TPSA) is 0 Å². The average molecular weight is 202 g/mol. The van der Waals surface area contributed by atoms with E-state index < -0.39 is 0 Å². The van der Waals surface area contributed by atoms with E-state index in [0.29, 0.717) is 0 Å². The molecule has 0 aromatic heterocycles. The number of hydrogen-bond donors (Lipinski definition) is 0. The van der Waals surface area contributed by atoms with E-state index in [-0.39, 0.29) is 0 Å². The molecule has 0 radical (unpaired) electrons. The van der Waals surface area contributed by atoms with Gasteiger partial charge in [-0.15, -0.1) is 0 Å². The summed E-state index contributed by atoms with van der Waals surface area (Å²) in [6, 6.07) is 0. The van der Waals surface area contributed by atoms with Crippen LogP contribution >= 0.6 is 0 Å². The molecule has 0 N–H and O–H groups in total. The van der Waals surface area contributed by atoms with Crippen LogP contribution < -0.4 is 0 Å². The molecule has 90 valence electrons. The van der Waals surface area contributed by atoms with Gasteiger partial charge in [0.2, 0.25) is 0 Å². The molecular formula is C14H34. The molecule has 0 heteroatoms. The van der Waals surface area contributed by atoms with E-state index in [1.807, 2.05) is 13.8 Å². The Morgan fingerprint density at radius 3 is 1.07 bits per heavy atom. The summed E-state index contributed by atoms with van der Waals surface area (Å²) in [4.78, 5) is 0. The largest absolute Gasteiger partial charge is 0.0683 e. The number of rotatable bonds is 4. The van der Waals surface area contributed by atoms with Crippen LogP contribution in [0.2, 0.25) is 0 Å². The standard InChI is InChI=1S/C9H20.C3H8.C2H6/c1-5-8(4)9(6-2)7-3;1-3-2;1-2/h8-9H,5-7H2,1-4H3;3H2,1-2H3;1-2H3/t8-;;/m0../s1. The molecule has 0 nitrogen and oxygen atoms in total. The van der Waals surface area contributed by atoms with Crippen molar-refractivity contribution in [2.24, 2.45) is 11.8 Å². The van der Waals surface area contributed by atoms with E-state index in [1.54, 1.807) is 0 Å². The minimum Gasteiger partial charge on any atom is -0.0683 e. The smallest absolute Gasteiger partial charge is 0.0394 e. The molecule has 0 aliphatic carbocycles. The summed E-state index contributed by atoms with van der Waals surface area (Å²) in [7, 11) is 0. The highest BCUT2D eigenvalue weighted by Crippen LogP contribution is 2.21. The molecule has 0 aromatic carbocycles. The van der Waals surface area contributed by atoms with Gasteiger partial charge in [0.05, 0.1) is 0 Å². The normalized spacial score (nSPS) is 10.9. The van der Waals surface area contributed by atoms with Crippen LogP contribution in [-0.2, 0) is 0 Å². The maximum absolute atomic E-state index is 2.36. The molecule has 0 heterocycles. The van der Waals surface area contributed by atoms with Crippen molar-refractivity contribution >= 4 is 0 Å². The molecule has 0 spiro atoms. The molecule has 0 fully saturated rings. The highest BCUT2D eigenvalue weighted by Gasteiger charge is 2.09. The van der Waals surface area contributed by atoms with Crippen LogP contribution in [0.1, 0.15) is 81.1 Å². The van der Waals surface area contributed by atoms with Gasteiger partial charge in [0.25, 0.3) is 0 Å². The second kappa shape index (κ2) is 18.7. The Morgan fingerprint density at radius 2 is 1.00 bits per heavy atom. The summed E-state index contributed by atoms with van der Waals surface area (Å²) in [6.07, 6.45) is 5.30. The van der Waals surface area contributed by atoms with Crippen molar-refractivity contribution in [1.29, 1.82) is 0 Å². The van der Waals surface area contributed by atoms with Gasteiger partial charge in [-0.3, -0.25) is 0 Å². The molecule has 0 saturated heterocycles. The van der Waals surface area contributed by atoms with Gasteiger partial charge in [-0.2, -0.15) is 0 Å². The fourth-order valence-corrected chi connectivity index (χ4v) is 1.43. The lowest BCUT2D eigenvalue weighted by atomic mass is 9.88. The molecule has 14 heavy (non-hydrogen) atoms. The molecule has 0 unspecified atom stereocenters. The fraction of sp³-hybridized carbons (Fsp3) is 1.00. The Kier molecular flexibility index (Phi) is 26.1. The zero-order valence-corrected chi connectivity index (χ0v) is 12.0. The predicted octanol–water partition coefficient (Wildman–Crippen LogP) is 5.91. The quantitative estimate of drug-likeness (QED) is 0.531. The van der Waals surface area contributed by atoms with Gasteiger partial charge in [0, 0.05) is 0 Å². The Hall–Kier alpha value is 0. The molecular weight excluding hydrogens is 168 g/mol. The maximum Gasteiger partial charge on any atom is -0.0394 e. The maximum atomic E-state index is 2.36. The lowest BCUT2D eigenvalue weighted by molar-refractivity contribution is 0.328. The van der Waals surface area contributed by atoms with E-state index >= 15 is 0 Å². The third-order valence-electron chi connectivity index (χ3n) is 2.50. The van der Waals surface area contributed by atoms with Gasteiger partial charge >= 0.3 is 0 Å². The van der Waals surface area contributed by atoms with E-state index in [4.69, 9.17) is 0 Å². The summed E-state index contributed by atoms with van der Waals surface area (Å²) in [5.41, 5.74) is 0. The second-order valence-corrected chi connectivity index (χ2v) is 3.67. The van der Waals surface area contributed by atoms with Gasteiger partial charge in [0.15, 0.2) is 0 Å².